The van der Waals surface area contributed by atoms with Gasteiger partial charge in [0.25, 0.3) is 5.91 Å². The molecule has 0 heterocycles. The van der Waals surface area contributed by atoms with Crippen molar-refractivity contribution in [3.63, 3.8) is 0 Å². The van der Waals surface area contributed by atoms with E-state index in [0.29, 0.717) is 17.9 Å². The average Bonchev–Trinajstić information content (AvgIpc) is 2.61. The molecule has 0 saturated carbocycles. The smallest absolute Gasteiger partial charge is 0.257 e. The highest BCUT2D eigenvalue weighted by Gasteiger charge is 2.16. The van der Waals surface area contributed by atoms with E-state index >= 15 is 0 Å². The van der Waals surface area contributed by atoms with Gasteiger partial charge in [-0.3, -0.25) is 8.98 Å². The number of aliphatic hydroxyl groups excluding tert-OH is 1. The topological polar surface area (TPSA) is 125 Å². The number of hydrogen-bond acceptors (Lipinski definition) is 7. The van der Waals surface area contributed by atoms with Crippen LogP contribution in [0.15, 0.2) is 18.2 Å². The van der Waals surface area contributed by atoms with Crippen molar-refractivity contribution in [3.05, 3.63) is 29.3 Å². The Kier molecular flexibility index (Phi) is 11.5. The lowest BCUT2D eigenvalue weighted by Crippen LogP contribution is -2.38. The maximum atomic E-state index is 11.9. The molecule has 0 atom stereocenters. The molecule has 10 heteroatoms. The van der Waals surface area contributed by atoms with Crippen molar-refractivity contribution in [2.24, 2.45) is 0 Å². The van der Waals surface area contributed by atoms with Crippen LogP contribution in [-0.4, -0.2) is 76.4 Å². The summed E-state index contributed by atoms with van der Waals surface area (Å²) in [5, 5.41) is 12.4. The van der Waals surface area contributed by atoms with Crippen molar-refractivity contribution >= 4 is 16.3 Å². The van der Waals surface area contributed by atoms with Crippen LogP contribution in [0.1, 0.15) is 38.3 Å². The number of carbonyl (C=O) groups excluding carboxylic acids is 1. The Hall–Kier alpha value is -1.72. The molecule has 30 heavy (non-hydrogen) atoms. The highest BCUT2D eigenvalue weighted by Crippen LogP contribution is 2.28. The third-order valence-corrected chi connectivity index (χ3v) is 4.40. The van der Waals surface area contributed by atoms with Crippen molar-refractivity contribution in [1.82, 2.24) is 5.32 Å². The molecule has 0 bridgehead atoms. The Bertz CT molecular complexity index is 766. The Morgan fingerprint density at radius 3 is 2.23 bits per heavy atom. The summed E-state index contributed by atoms with van der Waals surface area (Å²) in [5.41, 5.74) is 1.84. The number of hydrogen-bond donors (Lipinski definition) is 2. The molecule has 0 saturated heterocycles. The number of quaternary nitrogens is 1. The zero-order chi connectivity index (χ0) is 23.6. The fraction of sp³-hybridized carbons (Fsp3) is 0.650. The first-order valence-electron chi connectivity index (χ1n) is 9.54. The van der Waals surface area contributed by atoms with Crippen molar-refractivity contribution < 1.29 is 36.3 Å². The predicted octanol–water partition coefficient (Wildman–Crippen LogP) is 1.16. The number of carbonyl (C=O) groups is 1. The third-order valence-electron chi connectivity index (χ3n) is 3.99. The van der Waals surface area contributed by atoms with Gasteiger partial charge >= 0.3 is 0 Å². The van der Waals surface area contributed by atoms with E-state index in [1.54, 1.807) is 0 Å². The summed E-state index contributed by atoms with van der Waals surface area (Å²) in [7, 11) is 2.78. The number of rotatable bonds is 9. The van der Waals surface area contributed by atoms with Crippen LogP contribution in [0.5, 0.6) is 5.75 Å². The molecule has 0 radical (unpaired) electrons. The second-order valence-corrected chi connectivity index (χ2v) is 9.96. The van der Waals surface area contributed by atoms with Gasteiger partial charge in [-0.15, -0.1) is 0 Å². The summed E-state index contributed by atoms with van der Waals surface area (Å²) in [5.74, 6) is 0.423. The minimum Gasteiger partial charge on any atom is -0.726 e. The third kappa shape index (κ3) is 13.5. The predicted molar refractivity (Wildman–Crippen MR) is 114 cm³/mol. The number of nitrogens with zero attached hydrogens (tertiary/aromatic N) is 1. The van der Waals surface area contributed by atoms with E-state index in [1.807, 2.05) is 18.2 Å². The normalized spacial score (nSPS) is 12.0. The highest BCUT2D eigenvalue weighted by atomic mass is 32.3. The lowest BCUT2D eigenvalue weighted by molar-refractivity contribution is -0.870. The Labute approximate surface area is 180 Å². The van der Waals surface area contributed by atoms with Gasteiger partial charge in [-0.1, -0.05) is 26.8 Å². The van der Waals surface area contributed by atoms with Gasteiger partial charge in [-0.05, 0) is 23.1 Å². The SMILES string of the molecule is CC(C)(C)c1ccc(OCC(=O)NCCC[N+](C)(C)C)c(CO)c1.COS(=O)(=O)[O-]. The molecule has 1 aromatic rings. The summed E-state index contributed by atoms with van der Waals surface area (Å²) in [6, 6.07) is 5.75. The Balaban J connectivity index is 0.00000122. The van der Waals surface area contributed by atoms with Gasteiger partial charge in [-0.2, -0.15) is 0 Å². The molecule has 0 aliphatic carbocycles. The van der Waals surface area contributed by atoms with E-state index in [4.69, 9.17) is 4.74 Å². The maximum absolute atomic E-state index is 11.9. The van der Waals surface area contributed by atoms with Crippen LogP contribution < -0.4 is 10.1 Å². The lowest BCUT2D eigenvalue weighted by Gasteiger charge is -2.23. The lowest BCUT2D eigenvalue weighted by atomic mass is 9.86. The quantitative estimate of drug-likeness (QED) is 0.251. The fourth-order valence-corrected chi connectivity index (χ4v) is 2.29. The van der Waals surface area contributed by atoms with Gasteiger partial charge in [0.15, 0.2) is 6.61 Å². The molecular formula is C20H36N2O7S. The molecule has 0 aromatic heterocycles. The van der Waals surface area contributed by atoms with Crippen LogP contribution in [0, 0.1) is 0 Å². The van der Waals surface area contributed by atoms with Crippen LogP contribution in [0.4, 0.5) is 0 Å². The monoisotopic (exact) mass is 448 g/mol. The van der Waals surface area contributed by atoms with E-state index in [9.17, 15) is 22.9 Å². The van der Waals surface area contributed by atoms with Crippen molar-refractivity contribution in [2.45, 2.75) is 39.2 Å². The molecule has 2 N–H and O–H groups in total. The Morgan fingerprint density at radius 1 is 1.23 bits per heavy atom. The molecule has 1 aromatic carbocycles. The first kappa shape index (κ1) is 28.3. The molecule has 0 aliphatic rings. The largest absolute Gasteiger partial charge is 0.726 e. The molecular weight excluding hydrogens is 412 g/mol. The van der Waals surface area contributed by atoms with Gasteiger partial charge in [0.05, 0.1) is 41.4 Å². The van der Waals surface area contributed by atoms with Crippen molar-refractivity contribution in [1.29, 1.82) is 0 Å². The number of benzene rings is 1. The molecule has 0 fully saturated rings. The van der Waals surface area contributed by atoms with Gasteiger partial charge < -0.3 is 24.2 Å². The van der Waals surface area contributed by atoms with E-state index in [2.05, 4.69) is 51.4 Å². The van der Waals surface area contributed by atoms with Gasteiger partial charge in [0, 0.05) is 18.5 Å². The van der Waals surface area contributed by atoms with Crippen LogP contribution in [0.3, 0.4) is 0 Å². The summed E-state index contributed by atoms with van der Waals surface area (Å²) in [6.07, 6.45) is 0.928. The zero-order valence-corrected chi connectivity index (χ0v) is 19.8. The maximum Gasteiger partial charge on any atom is 0.257 e. The number of amides is 1. The van der Waals surface area contributed by atoms with Crippen molar-refractivity contribution in [3.8, 4) is 5.75 Å². The van der Waals surface area contributed by atoms with Gasteiger partial charge in [-0.25, -0.2) is 8.42 Å². The number of nitrogens with one attached hydrogen (secondary N) is 1. The minimum absolute atomic E-state index is 0.00535. The standard InChI is InChI=1S/C19H32N2O3.CH4O4S/c1-19(2,3)16-8-9-17(15(12-16)13-22)24-14-18(23)20-10-7-11-21(4,5)6;1-5-6(2,3)4/h8-9,12,22H,7,10-11,13-14H2,1-6H3;1H3,(H,2,3,4). The van der Waals surface area contributed by atoms with E-state index in [0.717, 1.165) is 30.1 Å². The molecule has 1 amide bonds. The summed E-state index contributed by atoms with van der Waals surface area (Å²) in [4.78, 5) is 11.9. The summed E-state index contributed by atoms with van der Waals surface area (Å²) in [6.45, 7) is 7.86. The Morgan fingerprint density at radius 2 is 1.80 bits per heavy atom. The molecule has 1 rings (SSSR count). The first-order valence-corrected chi connectivity index (χ1v) is 10.9. The molecule has 0 aliphatic heterocycles. The first-order chi connectivity index (χ1) is 13.6. The van der Waals surface area contributed by atoms with Crippen LogP contribution in [-0.2, 0) is 31.4 Å². The van der Waals surface area contributed by atoms with Gasteiger partial charge in [0.1, 0.15) is 5.75 Å². The van der Waals surface area contributed by atoms with E-state index < -0.39 is 10.4 Å². The molecule has 174 valence electrons. The summed E-state index contributed by atoms with van der Waals surface area (Å²) < 4.78 is 37.5. The number of aliphatic hydroxyl groups is 1. The van der Waals surface area contributed by atoms with Crippen LogP contribution in [0.25, 0.3) is 0 Å². The fourth-order valence-electron chi connectivity index (χ4n) is 2.29. The minimum atomic E-state index is -4.41. The van der Waals surface area contributed by atoms with Crippen LogP contribution in [0.2, 0.25) is 0 Å². The molecule has 0 unspecified atom stereocenters. The van der Waals surface area contributed by atoms with E-state index in [1.165, 1.54) is 0 Å². The second-order valence-electron chi connectivity index (χ2n) is 8.81. The van der Waals surface area contributed by atoms with E-state index in [-0.39, 0.29) is 24.5 Å². The molecule has 0 spiro atoms. The second kappa shape index (κ2) is 12.2. The number of ether oxygens (including phenoxy) is 1. The average molecular weight is 449 g/mol. The zero-order valence-electron chi connectivity index (χ0n) is 19.0. The highest BCUT2D eigenvalue weighted by molar-refractivity contribution is 7.80. The van der Waals surface area contributed by atoms with Crippen LogP contribution >= 0.6 is 0 Å². The summed E-state index contributed by atoms with van der Waals surface area (Å²) >= 11 is 0. The van der Waals surface area contributed by atoms with Crippen molar-refractivity contribution in [2.75, 3.05) is 47.9 Å². The molecule has 9 nitrogen and oxygen atoms in total. The van der Waals surface area contributed by atoms with Gasteiger partial charge in [0.2, 0.25) is 10.4 Å².